The van der Waals surface area contributed by atoms with Crippen molar-refractivity contribution in [3.05, 3.63) is 37.5 Å². The number of hydrogen-bond acceptors (Lipinski definition) is 1. The molecule has 2 heteroatoms. The van der Waals surface area contributed by atoms with E-state index in [1.54, 1.807) is 6.08 Å². The molecule has 0 N–H and O–H groups in total. The van der Waals surface area contributed by atoms with Crippen LogP contribution in [-0.4, -0.2) is 14.4 Å². The van der Waals surface area contributed by atoms with E-state index in [0.29, 0.717) is 0 Å². The van der Waals surface area contributed by atoms with Gasteiger partial charge in [-0.15, -0.1) is 13.2 Å². The Hall–Kier alpha value is -0.603. The molecule has 0 amide bonds. The highest BCUT2D eigenvalue weighted by molar-refractivity contribution is 6.71. The van der Waals surface area contributed by atoms with Crippen LogP contribution in [0.3, 0.4) is 0 Å². The van der Waals surface area contributed by atoms with Gasteiger partial charge in [0.15, 0.2) is 8.32 Å². The summed E-state index contributed by atoms with van der Waals surface area (Å²) in [7, 11) is -1.60. The van der Waals surface area contributed by atoms with Crippen LogP contribution in [0.2, 0.25) is 19.1 Å². The highest BCUT2D eigenvalue weighted by atomic mass is 28.4. The van der Waals surface area contributed by atoms with Gasteiger partial charge in [0.25, 0.3) is 0 Å². The van der Waals surface area contributed by atoms with E-state index >= 15 is 0 Å². The average Bonchev–Trinajstić information content (AvgIpc) is 1.99. The van der Waals surface area contributed by atoms with E-state index in [4.69, 9.17) is 4.43 Å². The van der Waals surface area contributed by atoms with Crippen molar-refractivity contribution in [3.8, 4) is 0 Å². The van der Waals surface area contributed by atoms with Crippen LogP contribution < -0.4 is 0 Å². The zero-order chi connectivity index (χ0) is 10.5. The molecule has 1 nitrogen and oxygen atoms in total. The average molecular weight is 196 g/mol. The second-order valence-electron chi connectivity index (χ2n) is 3.87. The lowest BCUT2D eigenvalue weighted by molar-refractivity contribution is 0.276. The van der Waals surface area contributed by atoms with Gasteiger partial charge in [-0.25, -0.2) is 0 Å². The maximum absolute atomic E-state index is 5.94. The third-order valence-electron chi connectivity index (χ3n) is 1.78. The minimum atomic E-state index is -1.60. The smallest absolute Gasteiger partial charge is 0.191 e. The highest BCUT2D eigenvalue weighted by Gasteiger charge is 2.24. The summed E-state index contributed by atoms with van der Waals surface area (Å²) in [5.74, 6) is 0. The first-order valence-electron chi connectivity index (χ1n) is 4.49. The first-order chi connectivity index (χ1) is 5.93. The van der Waals surface area contributed by atoms with Crippen molar-refractivity contribution in [3.63, 3.8) is 0 Å². The van der Waals surface area contributed by atoms with Crippen molar-refractivity contribution in [2.24, 2.45) is 0 Å². The van der Waals surface area contributed by atoms with Crippen LogP contribution in [0, 0.1) is 0 Å². The Labute approximate surface area is 82.9 Å². The Kier molecular flexibility index (Phi) is 4.96. The predicted molar refractivity (Wildman–Crippen MR) is 62.4 cm³/mol. The minimum absolute atomic E-state index is 0.00150. The third kappa shape index (κ3) is 4.86. The lowest BCUT2D eigenvalue weighted by atomic mass is 10.2. The predicted octanol–water partition coefficient (Wildman–Crippen LogP) is 3.52. The molecule has 0 spiro atoms. The van der Waals surface area contributed by atoms with Crippen molar-refractivity contribution in [1.82, 2.24) is 0 Å². The fraction of sp³-hybridized carbons (Fsp3) is 0.455. The zero-order valence-corrected chi connectivity index (χ0v) is 9.97. The van der Waals surface area contributed by atoms with E-state index in [0.717, 1.165) is 11.6 Å². The van der Waals surface area contributed by atoms with E-state index in [1.165, 1.54) is 0 Å². The quantitative estimate of drug-likeness (QED) is 0.466. The van der Waals surface area contributed by atoms with Gasteiger partial charge in [-0.2, -0.15) is 0 Å². The van der Waals surface area contributed by atoms with E-state index < -0.39 is 8.32 Å². The Morgan fingerprint density at radius 1 is 1.46 bits per heavy atom. The lowest BCUT2D eigenvalue weighted by Crippen LogP contribution is -2.34. The summed E-state index contributed by atoms with van der Waals surface area (Å²) in [6, 6.07) is 0.963. The zero-order valence-electron chi connectivity index (χ0n) is 8.97. The molecule has 0 aliphatic carbocycles. The van der Waals surface area contributed by atoms with Gasteiger partial charge in [0, 0.05) is 0 Å². The molecule has 0 aromatic heterocycles. The maximum atomic E-state index is 5.94. The molecule has 0 radical (unpaired) electrons. The number of hydrogen-bond donors (Lipinski definition) is 0. The summed E-state index contributed by atoms with van der Waals surface area (Å²) in [6.07, 6.45) is 3.73. The molecule has 74 valence electrons. The summed E-state index contributed by atoms with van der Waals surface area (Å²) >= 11 is 0. The highest BCUT2D eigenvalue weighted by Crippen LogP contribution is 2.17. The van der Waals surface area contributed by atoms with Crippen LogP contribution in [0.15, 0.2) is 37.5 Å². The Morgan fingerprint density at radius 2 is 2.00 bits per heavy atom. The molecule has 0 saturated heterocycles. The van der Waals surface area contributed by atoms with Gasteiger partial charge < -0.3 is 4.43 Å². The standard InChI is InChI=1S/C11H20OSi/c1-7-9-13(5,6)12-11(8-2)10(3)4/h7-8,11H,1-3,9H2,4-6H3/t11-/m1/s1. The van der Waals surface area contributed by atoms with Crippen molar-refractivity contribution in [2.75, 3.05) is 0 Å². The van der Waals surface area contributed by atoms with Crippen LogP contribution in [0.25, 0.3) is 0 Å². The molecule has 0 aliphatic heterocycles. The molecule has 0 aliphatic rings. The van der Waals surface area contributed by atoms with Crippen LogP contribution in [0.4, 0.5) is 0 Å². The number of rotatable bonds is 6. The van der Waals surface area contributed by atoms with Gasteiger partial charge in [-0.05, 0) is 31.6 Å². The van der Waals surface area contributed by atoms with E-state index in [1.807, 2.05) is 13.0 Å². The van der Waals surface area contributed by atoms with Gasteiger partial charge in [0.1, 0.15) is 0 Å². The fourth-order valence-electron chi connectivity index (χ4n) is 1.09. The Bertz CT molecular complexity index is 206. The largest absolute Gasteiger partial charge is 0.407 e. The monoisotopic (exact) mass is 196 g/mol. The first-order valence-corrected chi connectivity index (χ1v) is 7.61. The Balaban J connectivity index is 4.29. The SMILES string of the molecule is C=CC[Si](C)(C)O[C@H](C=C)C(=C)C. The Morgan fingerprint density at radius 3 is 2.31 bits per heavy atom. The van der Waals surface area contributed by atoms with Crippen molar-refractivity contribution in [1.29, 1.82) is 0 Å². The van der Waals surface area contributed by atoms with Gasteiger partial charge in [0.2, 0.25) is 0 Å². The summed E-state index contributed by atoms with van der Waals surface area (Å²) in [5, 5.41) is 0. The van der Waals surface area contributed by atoms with Crippen LogP contribution in [-0.2, 0) is 4.43 Å². The number of allylic oxidation sites excluding steroid dienone is 1. The van der Waals surface area contributed by atoms with E-state index in [-0.39, 0.29) is 6.10 Å². The van der Waals surface area contributed by atoms with E-state index in [9.17, 15) is 0 Å². The molecule has 0 aromatic carbocycles. The third-order valence-corrected chi connectivity index (χ3v) is 3.95. The van der Waals surface area contributed by atoms with Crippen molar-refractivity contribution in [2.45, 2.75) is 32.2 Å². The topological polar surface area (TPSA) is 9.23 Å². The van der Waals surface area contributed by atoms with Gasteiger partial charge in [-0.1, -0.05) is 18.7 Å². The summed E-state index contributed by atoms with van der Waals surface area (Å²) in [6.45, 7) is 17.7. The second-order valence-corrected chi connectivity index (χ2v) is 8.04. The van der Waals surface area contributed by atoms with Crippen molar-refractivity contribution < 1.29 is 4.43 Å². The molecular formula is C11H20OSi. The maximum Gasteiger partial charge on any atom is 0.191 e. The molecule has 1 atom stereocenters. The second kappa shape index (κ2) is 5.20. The summed E-state index contributed by atoms with van der Waals surface area (Å²) < 4.78 is 5.94. The molecule has 0 bridgehead atoms. The summed E-state index contributed by atoms with van der Waals surface area (Å²) in [5.41, 5.74) is 1.01. The van der Waals surface area contributed by atoms with Gasteiger partial charge >= 0.3 is 0 Å². The normalized spacial score (nSPS) is 13.5. The molecule has 0 unspecified atom stereocenters. The van der Waals surface area contributed by atoms with Crippen LogP contribution in [0.1, 0.15) is 6.92 Å². The van der Waals surface area contributed by atoms with Crippen molar-refractivity contribution >= 4 is 8.32 Å². The molecular weight excluding hydrogens is 176 g/mol. The minimum Gasteiger partial charge on any atom is -0.407 e. The molecule has 0 fully saturated rings. The fourth-order valence-corrected chi connectivity index (χ4v) is 2.87. The first kappa shape index (κ1) is 12.4. The van der Waals surface area contributed by atoms with E-state index in [2.05, 4.69) is 32.8 Å². The molecule has 0 rings (SSSR count). The lowest BCUT2D eigenvalue weighted by Gasteiger charge is -2.26. The summed E-state index contributed by atoms with van der Waals surface area (Å²) in [4.78, 5) is 0. The molecule has 0 heterocycles. The molecule has 13 heavy (non-hydrogen) atoms. The van der Waals surface area contributed by atoms with Gasteiger partial charge in [-0.3, -0.25) is 0 Å². The van der Waals surface area contributed by atoms with Gasteiger partial charge in [0.05, 0.1) is 6.10 Å². The van der Waals surface area contributed by atoms with Crippen LogP contribution in [0.5, 0.6) is 0 Å². The van der Waals surface area contributed by atoms with Crippen LogP contribution >= 0.6 is 0 Å². The molecule has 0 aromatic rings. The molecule has 0 saturated carbocycles.